The number of ether oxygens (including phenoxy) is 4. The van der Waals surface area contributed by atoms with E-state index in [2.05, 4.69) is 44.0 Å². The second-order valence-electron chi connectivity index (χ2n) is 14.3. The molecule has 0 radical (unpaired) electrons. The van der Waals surface area contributed by atoms with E-state index in [-0.39, 0.29) is 52.1 Å². The summed E-state index contributed by atoms with van der Waals surface area (Å²) in [5.41, 5.74) is 3.01. The van der Waals surface area contributed by atoms with Crippen molar-refractivity contribution in [3.8, 4) is 11.5 Å². The van der Waals surface area contributed by atoms with Gasteiger partial charge in [0.1, 0.15) is 23.7 Å². The van der Waals surface area contributed by atoms with E-state index in [9.17, 15) is 22.6 Å². The van der Waals surface area contributed by atoms with Crippen molar-refractivity contribution in [1.29, 1.82) is 0 Å². The second-order valence-corrected chi connectivity index (χ2v) is 29.4. The Hall–Kier alpha value is -2.21. The molecule has 280 valence electrons. The smallest absolute Gasteiger partial charge is 0.424 e. The summed E-state index contributed by atoms with van der Waals surface area (Å²) in [5, 5.41) is 0. The van der Waals surface area contributed by atoms with Gasteiger partial charge in [-0.2, -0.15) is 17.4 Å². The van der Waals surface area contributed by atoms with Crippen LogP contribution in [0.3, 0.4) is 0 Å². The fraction of sp³-hybridized carbons (Fsp3) is 0.688. The van der Waals surface area contributed by atoms with Gasteiger partial charge in [0.25, 0.3) is 0 Å². The molecule has 0 saturated carbocycles. The maximum atomic E-state index is 13.5. The van der Waals surface area contributed by atoms with E-state index in [0.29, 0.717) is 45.2 Å². The number of benzene rings is 1. The minimum absolute atomic E-state index is 0.0764. The molecule has 0 bridgehead atoms. The first-order chi connectivity index (χ1) is 22.7. The predicted octanol–water partition coefficient (Wildman–Crippen LogP) is 6.76. The van der Waals surface area contributed by atoms with E-state index in [1.165, 1.54) is 0 Å². The van der Waals surface area contributed by atoms with Crippen molar-refractivity contribution in [2.24, 2.45) is 0 Å². The minimum atomic E-state index is -4.45. The average molecular weight is 765 g/mol. The third-order valence-corrected chi connectivity index (χ3v) is 14.6. The Labute approximate surface area is 295 Å². The number of esters is 1. The van der Waals surface area contributed by atoms with Gasteiger partial charge < -0.3 is 28.0 Å². The van der Waals surface area contributed by atoms with Crippen molar-refractivity contribution < 1.29 is 50.6 Å². The number of cyclic esters (lactones) is 1. The van der Waals surface area contributed by atoms with Crippen molar-refractivity contribution in [3.63, 3.8) is 0 Å². The van der Waals surface area contributed by atoms with E-state index in [1.54, 1.807) is 34.0 Å². The van der Waals surface area contributed by atoms with Crippen LogP contribution in [0.5, 0.6) is 11.5 Å². The molecule has 1 amide bonds. The van der Waals surface area contributed by atoms with Gasteiger partial charge in [0.2, 0.25) is 0 Å². The first-order valence-electron chi connectivity index (χ1n) is 16.7. The lowest BCUT2D eigenvalue weighted by atomic mass is 9.95. The molecule has 2 rings (SSSR count). The van der Waals surface area contributed by atoms with Crippen LogP contribution in [0.25, 0.3) is 0 Å². The summed E-state index contributed by atoms with van der Waals surface area (Å²) in [4.78, 5) is 26.2. The van der Waals surface area contributed by atoms with Crippen LogP contribution in [0, 0.1) is 6.92 Å². The average Bonchev–Trinajstić information content (AvgIpc) is 3.36. The highest BCUT2D eigenvalue weighted by atomic mass is 32.2. The molecule has 0 fully saturated rings. The summed E-state index contributed by atoms with van der Waals surface area (Å²) in [6.45, 7) is 20.2. The zero-order valence-corrected chi connectivity index (χ0v) is 34.9. The van der Waals surface area contributed by atoms with E-state index in [0.717, 1.165) is 17.2 Å². The number of carbonyl (C=O) groups excluding carboxylic acids is 2. The van der Waals surface area contributed by atoms with Gasteiger partial charge in [-0.15, -0.1) is 0 Å². The predicted molar refractivity (Wildman–Crippen MR) is 197 cm³/mol. The zero-order valence-electron chi connectivity index (χ0n) is 31.1. The third kappa shape index (κ3) is 13.1. The minimum Gasteiger partial charge on any atom is -0.496 e. The molecule has 1 N–H and O–H groups in total. The summed E-state index contributed by atoms with van der Waals surface area (Å²) >= 11 is 0. The normalized spacial score (nSPS) is 14.0. The molecule has 1 aromatic rings. The number of amides is 1. The Bertz CT molecular complexity index is 1500. The number of nitrogens with zero attached hydrogens (tertiary/aromatic N) is 1. The summed E-state index contributed by atoms with van der Waals surface area (Å²) in [6, 6.07) is 1.52. The first kappa shape index (κ1) is 43.0. The molecule has 1 aliphatic rings. The highest BCUT2D eigenvalue weighted by Crippen LogP contribution is 2.47. The van der Waals surface area contributed by atoms with Crippen molar-refractivity contribution in [2.45, 2.75) is 92.1 Å². The monoisotopic (exact) mass is 764 g/mol. The highest BCUT2D eigenvalue weighted by molar-refractivity contribution is 7.87. The molecule has 1 aliphatic heterocycles. The number of hydrogen-bond acceptors (Lipinski definition) is 11. The van der Waals surface area contributed by atoms with Crippen LogP contribution in [0.1, 0.15) is 47.8 Å². The molecule has 0 unspecified atom stereocenters. The zero-order chi connectivity index (χ0) is 37.2. The molecule has 1 aromatic carbocycles. The molecule has 0 aliphatic carbocycles. The van der Waals surface area contributed by atoms with Crippen molar-refractivity contribution in [2.75, 3.05) is 52.8 Å². The SMILES string of the molecule is CCOP(=O)(CCNS(=O)(=O)N(CC(C)=CCc1c(OC)c(C)c2c(c1OCC[Si](C)(C)C)C(=O)OC2)C(=O)OCC[Si](C)(C)C)OCC. The molecule has 0 spiro atoms. The van der Waals surface area contributed by atoms with Crippen LogP contribution in [-0.4, -0.2) is 93.7 Å². The number of allylic oxidation sites excluding steroid dienone is 1. The molecule has 0 aromatic heterocycles. The quantitative estimate of drug-likeness (QED) is 0.0611. The lowest BCUT2D eigenvalue weighted by Crippen LogP contribution is -2.46. The van der Waals surface area contributed by atoms with E-state index >= 15 is 0 Å². The maximum Gasteiger partial charge on any atom is 0.424 e. The van der Waals surface area contributed by atoms with Crippen LogP contribution in [-0.2, 0) is 46.3 Å². The summed E-state index contributed by atoms with van der Waals surface area (Å²) < 4.78 is 76.5. The van der Waals surface area contributed by atoms with Crippen LogP contribution >= 0.6 is 7.60 Å². The van der Waals surface area contributed by atoms with Crippen molar-refractivity contribution >= 4 is 46.0 Å². The second kappa shape index (κ2) is 18.3. The van der Waals surface area contributed by atoms with Crippen molar-refractivity contribution in [3.05, 3.63) is 33.9 Å². The van der Waals surface area contributed by atoms with Crippen LogP contribution in [0.4, 0.5) is 4.79 Å². The Kier molecular flexibility index (Phi) is 16.1. The Morgan fingerprint density at radius 2 is 1.61 bits per heavy atom. The van der Waals surface area contributed by atoms with Gasteiger partial charge >= 0.3 is 29.9 Å². The standard InChI is InChI=1S/C32H57N2O11PSSi2/c1-12-44-46(37,45-13-2)19-16-33-47(38,39)34(32(36)42-18-21-49(9,10)11)22-24(3)14-15-26-29(40-5)25(4)27-23-43-31(35)28(27)30(26)41-17-20-48(6,7)8/h14,33H,12-13,15-23H2,1-11H3. The fourth-order valence-corrected chi connectivity index (χ4v) is 9.13. The summed E-state index contributed by atoms with van der Waals surface area (Å²) in [5.74, 6) is 0.481. The van der Waals surface area contributed by atoms with Crippen LogP contribution in [0.15, 0.2) is 11.6 Å². The highest BCUT2D eigenvalue weighted by Gasteiger charge is 2.34. The van der Waals surface area contributed by atoms with Crippen LogP contribution < -0.4 is 14.2 Å². The third-order valence-electron chi connectivity index (χ3n) is 7.67. The maximum absolute atomic E-state index is 13.5. The molecule has 1 heterocycles. The summed E-state index contributed by atoms with van der Waals surface area (Å²) in [7, 11) is -9.48. The number of methoxy groups -OCH3 is 1. The number of fused-ring (bicyclic) bond motifs is 1. The van der Waals surface area contributed by atoms with Gasteiger partial charge in [-0.3, -0.25) is 4.57 Å². The van der Waals surface area contributed by atoms with Gasteiger partial charge in [0.15, 0.2) is 0 Å². The van der Waals surface area contributed by atoms with Crippen molar-refractivity contribution in [1.82, 2.24) is 9.03 Å². The Morgan fingerprint density at radius 1 is 1.02 bits per heavy atom. The Morgan fingerprint density at radius 3 is 2.16 bits per heavy atom. The van der Waals surface area contributed by atoms with Gasteiger partial charge in [-0.25, -0.2) is 9.59 Å². The molecular weight excluding hydrogens is 708 g/mol. The van der Waals surface area contributed by atoms with Gasteiger partial charge in [-0.05, 0) is 51.8 Å². The number of hydrogen-bond donors (Lipinski definition) is 1. The molecule has 13 nitrogen and oxygen atoms in total. The van der Waals surface area contributed by atoms with Gasteiger partial charge in [0.05, 0.1) is 46.2 Å². The first-order valence-corrected chi connectivity index (χ1v) is 27.3. The van der Waals surface area contributed by atoms with E-state index in [4.69, 9.17) is 28.0 Å². The number of carbonyl (C=O) groups is 2. The lowest BCUT2D eigenvalue weighted by Gasteiger charge is -2.24. The van der Waals surface area contributed by atoms with Crippen LogP contribution in [0.2, 0.25) is 51.4 Å². The number of rotatable bonds is 21. The molecule has 0 atom stereocenters. The van der Waals surface area contributed by atoms with Gasteiger partial charge in [0, 0.05) is 33.8 Å². The van der Waals surface area contributed by atoms with E-state index in [1.807, 2.05) is 6.92 Å². The Balaban J connectivity index is 2.44. The molecular formula is C32H57N2O11PSSi2. The number of nitrogens with one attached hydrogen (secondary N) is 1. The van der Waals surface area contributed by atoms with E-state index < -0.39 is 46.0 Å². The van der Waals surface area contributed by atoms with Gasteiger partial charge in [-0.1, -0.05) is 50.9 Å². The topological polar surface area (TPSA) is 156 Å². The molecule has 0 saturated heterocycles. The molecule has 49 heavy (non-hydrogen) atoms. The summed E-state index contributed by atoms with van der Waals surface area (Å²) in [6.07, 6.45) is 0.740. The largest absolute Gasteiger partial charge is 0.496 e. The fourth-order valence-electron chi connectivity index (χ4n) is 4.91. The molecule has 17 heteroatoms. The lowest BCUT2D eigenvalue weighted by molar-refractivity contribution is 0.0532.